The molecule has 136 valence electrons. The van der Waals surface area contributed by atoms with Crippen LogP contribution in [0.1, 0.15) is 17.0 Å². The van der Waals surface area contributed by atoms with Gasteiger partial charge in [0.05, 0.1) is 19.0 Å². The van der Waals surface area contributed by atoms with Crippen LogP contribution in [0, 0.1) is 20.8 Å². The van der Waals surface area contributed by atoms with Gasteiger partial charge in [0.2, 0.25) is 0 Å². The van der Waals surface area contributed by atoms with Crippen LogP contribution >= 0.6 is 0 Å². The van der Waals surface area contributed by atoms with Crippen molar-refractivity contribution in [3.63, 3.8) is 0 Å². The second-order valence-corrected chi connectivity index (χ2v) is 7.68. The Morgan fingerprint density at radius 3 is 2.50 bits per heavy atom. The minimum absolute atomic E-state index is 0.0347. The summed E-state index contributed by atoms with van der Waals surface area (Å²) in [6, 6.07) is 10.5. The number of aryl methyl sites for hydroxylation is 3. The average molecular weight is 372 g/mol. The smallest absolute Gasteiger partial charge is 0.265 e. The van der Waals surface area contributed by atoms with E-state index >= 15 is 0 Å². The Morgan fingerprint density at radius 2 is 1.85 bits per heavy atom. The van der Waals surface area contributed by atoms with Crippen LogP contribution < -0.4 is 9.46 Å². The molecule has 2 aromatic carbocycles. The molecule has 1 N–H and O–H groups in total. The summed E-state index contributed by atoms with van der Waals surface area (Å²) in [5, 5.41) is 0. The Morgan fingerprint density at radius 1 is 1.08 bits per heavy atom. The summed E-state index contributed by atoms with van der Waals surface area (Å²) in [7, 11) is -2.42. The molecule has 0 fully saturated rings. The maximum atomic E-state index is 13.0. The number of anilines is 1. The highest BCUT2D eigenvalue weighted by Gasteiger charge is 2.22. The van der Waals surface area contributed by atoms with E-state index in [1.807, 2.05) is 26.0 Å². The fourth-order valence-corrected chi connectivity index (χ4v) is 3.90. The summed E-state index contributed by atoms with van der Waals surface area (Å²) in [6.07, 6.45) is 1.56. The second kappa shape index (κ2) is 6.84. The zero-order valence-corrected chi connectivity index (χ0v) is 15.8. The number of nitrogens with zero attached hydrogens (tertiary/aromatic N) is 1. The summed E-state index contributed by atoms with van der Waals surface area (Å²) in [4.78, 5) is 4.09. The molecular weight excluding hydrogens is 352 g/mol. The molecule has 6 nitrogen and oxygen atoms in total. The molecule has 1 heterocycles. The van der Waals surface area contributed by atoms with Gasteiger partial charge in [-0.3, -0.25) is 4.72 Å². The molecule has 0 amide bonds. The van der Waals surface area contributed by atoms with Gasteiger partial charge in [-0.05, 0) is 49.2 Å². The number of hydrogen-bond donors (Lipinski definition) is 1. The van der Waals surface area contributed by atoms with Gasteiger partial charge in [-0.25, -0.2) is 13.4 Å². The highest BCUT2D eigenvalue weighted by Crippen LogP contribution is 2.32. The van der Waals surface area contributed by atoms with E-state index < -0.39 is 10.0 Å². The van der Waals surface area contributed by atoms with Gasteiger partial charge in [0.1, 0.15) is 10.6 Å². The molecule has 26 heavy (non-hydrogen) atoms. The standard InChI is InChI=1S/C19H20N2O4S/c1-12-5-6-13(2)16(9-12)21-26(22,23)19-10-15(7-8-17(19)24-4)18-11-20-14(3)25-18/h5-11,21H,1-4H3. The summed E-state index contributed by atoms with van der Waals surface area (Å²) in [5.41, 5.74) is 2.94. The summed E-state index contributed by atoms with van der Waals surface area (Å²) < 4.78 is 39.4. The first kappa shape index (κ1) is 18.0. The van der Waals surface area contributed by atoms with Crippen molar-refractivity contribution < 1.29 is 17.6 Å². The first-order chi connectivity index (χ1) is 12.3. The van der Waals surface area contributed by atoms with Crippen molar-refractivity contribution in [2.24, 2.45) is 0 Å². The van der Waals surface area contributed by atoms with E-state index in [4.69, 9.17) is 9.15 Å². The highest BCUT2D eigenvalue weighted by molar-refractivity contribution is 7.92. The first-order valence-electron chi connectivity index (χ1n) is 8.01. The van der Waals surface area contributed by atoms with Gasteiger partial charge < -0.3 is 9.15 Å². The van der Waals surface area contributed by atoms with Crippen molar-refractivity contribution in [3.8, 4) is 17.1 Å². The lowest BCUT2D eigenvalue weighted by atomic mass is 10.1. The van der Waals surface area contributed by atoms with Gasteiger partial charge in [-0.15, -0.1) is 0 Å². The van der Waals surface area contributed by atoms with Crippen LogP contribution in [0.15, 0.2) is 51.9 Å². The van der Waals surface area contributed by atoms with Gasteiger partial charge >= 0.3 is 0 Å². The molecule has 0 saturated heterocycles. The average Bonchev–Trinajstić information content (AvgIpc) is 3.04. The van der Waals surface area contributed by atoms with Crippen molar-refractivity contribution in [1.29, 1.82) is 0 Å². The monoisotopic (exact) mass is 372 g/mol. The zero-order valence-electron chi connectivity index (χ0n) is 15.0. The maximum absolute atomic E-state index is 13.0. The van der Waals surface area contributed by atoms with Crippen molar-refractivity contribution in [2.75, 3.05) is 11.8 Å². The van der Waals surface area contributed by atoms with E-state index in [1.54, 1.807) is 31.3 Å². The molecule has 0 unspecified atom stereocenters. The normalized spacial score (nSPS) is 11.4. The minimum atomic E-state index is -3.86. The quantitative estimate of drug-likeness (QED) is 0.730. The topological polar surface area (TPSA) is 81.4 Å². The summed E-state index contributed by atoms with van der Waals surface area (Å²) >= 11 is 0. The van der Waals surface area contributed by atoms with Gasteiger partial charge in [0, 0.05) is 12.5 Å². The van der Waals surface area contributed by atoms with Crippen LogP contribution in [-0.4, -0.2) is 20.5 Å². The van der Waals surface area contributed by atoms with E-state index in [9.17, 15) is 8.42 Å². The van der Waals surface area contributed by atoms with Gasteiger partial charge in [-0.2, -0.15) is 0 Å². The Hall–Kier alpha value is -2.80. The Kier molecular flexibility index (Phi) is 4.73. The van der Waals surface area contributed by atoms with E-state index in [2.05, 4.69) is 9.71 Å². The molecule has 0 atom stereocenters. The lowest BCUT2D eigenvalue weighted by Gasteiger charge is -2.14. The predicted octanol–water partition coefficient (Wildman–Crippen LogP) is 4.08. The number of sulfonamides is 1. The zero-order chi connectivity index (χ0) is 18.9. The number of ether oxygens (including phenoxy) is 1. The van der Waals surface area contributed by atoms with E-state index in [-0.39, 0.29) is 10.6 Å². The largest absolute Gasteiger partial charge is 0.495 e. The molecule has 7 heteroatoms. The molecule has 0 aliphatic carbocycles. The van der Waals surface area contributed by atoms with Crippen molar-refractivity contribution >= 4 is 15.7 Å². The molecule has 0 aliphatic heterocycles. The lowest BCUT2D eigenvalue weighted by Crippen LogP contribution is -2.15. The SMILES string of the molecule is COc1ccc(-c2cnc(C)o2)cc1S(=O)(=O)Nc1cc(C)ccc1C. The third-order valence-electron chi connectivity index (χ3n) is 4.00. The van der Waals surface area contributed by atoms with Gasteiger partial charge in [-0.1, -0.05) is 12.1 Å². The van der Waals surface area contributed by atoms with Gasteiger partial charge in [0.25, 0.3) is 10.0 Å². The van der Waals surface area contributed by atoms with Crippen molar-refractivity contribution in [1.82, 2.24) is 4.98 Å². The number of nitrogens with one attached hydrogen (secondary N) is 1. The highest BCUT2D eigenvalue weighted by atomic mass is 32.2. The Balaban J connectivity index is 2.06. The molecule has 3 rings (SSSR count). The number of methoxy groups -OCH3 is 1. The first-order valence-corrected chi connectivity index (χ1v) is 9.49. The van der Waals surface area contributed by atoms with E-state index in [0.29, 0.717) is 22.9 Å². The number of oxazole rings is 1. The fraction of sp³-hybridized carbons (Fsp3) is 0.211. The Labute approximate surface area is 152 Å². The van der Waals surface area contributed by atoms with Crippen LogP contribution in [-0.2, 0) is 10.0 Å². The molecule has 0 bridgehead atoms. The molecule has 3 aromatic rings. The molecule has 0 saturated carbocycles. The van der Waals surface area contributed by atoms with E-state index in [0.717, 1.165) is 11.1 Å². The van der Waals surface area contributed by atoms with Crippen LogP contribution in [0.2, 0.25) is 0 Å². The van der Waals surface area contributed by atoms with Crippen LogP contribution in [0.4, 0.5) is 5.69 Å². The number of hydrogen-bond acceptors (Lipinski definition) is 5. The summed E-state index contributed by atoms with van der Waals surface area (Å²) in [5.74, 6) is 1.25. The number of aromatic nitrogens is 1. The molecular formula is C19H20N2O4S. The number of benzene rings is 2. The third kappa shape index (κ3) is 3.57. The predicted molar refractivity (Wildman–Crippen MR) is 100.0 cm³/mol. The lowest BCUT2D eigenvalue weighted by molar-refractivity contribution is 0.403. The van der Waals surface area contributed by atoms with Crippen molar-refractivity contribution in [3.05, 3.63) is 59.6 Å². The van der Waals surface area contributed by atoms with Crippen LogP contribution in [0.3, 0.4) is 0 Å². The summed E-state index contributed by atoms with van der Waals surface area (Å²) in [6.45, 7) is 5.49. The third-order valence-corrected chi connectivity index (χ3v) is 5.38. The van der Waals surface area contributed by atoms with E-state index in [1.165, 1.54) is 13.2 Å². The molecule has 0 aliphatic rings. The second-order valence-electron chi connectivity index (χ2n) is 6.03. The van der Waals surface area contributed by atoms with Gasteiger partial charge in [0.15, 0.2) is 11.7 Å². The molecule has 0 radical (unpaired) electrons. The maximum Gasteiger partial charge on any atom is 0.265 e. The fourth-order valence-electron chi connectivity index (χ4n) is 2.58. The molecule has 0 spiro atoms. The van der Waals surface area contributed by atoms with Crippen molar-refractivity contribution in [2.45, 2.75) is 25.7 Å². The molecule has 1 aromatic heterocycles. The van der Waals surface area contributed by atoms with Crippen LogP contribution in [0.25, 0.3) is 11.3 Å². The number of rotatable bonds is 5. The minimum Gasteiger partial charge on any atom is -0.495 e. The Bertz CT molecular complexity index is 1060. The van der Waals surface area contributed by atoms with Crippen LogP contribution in [0.5, 0.6) is 5.75 Å².